The molecular weight excluding hydrogens is 226 g/mol. The fourth-order valence-electron chi connectivity index (χ4n) is 1.68. The molecule has 1 N–H and O–H groups in total. The predicted molar refractivity (Wildman–Crippen MR) is 59.4 cm³/mol. The third kappa shape index (κ3) is 3.59. The molecule has 17 heavy (non-hydrogen) atoms. The van der Waals surface area contributed by atoms with Crippen LogP contribution in [0.1, 0.15) is 27.2 Å². The Morgan fingerprint density at radius 1 is 1.47 bits per heavy atom. The van der Waals surface area contributed by atoms with Gasteiger partial charge in [0.2, 0.25) is 1.43 Å². The first-order chi connectivity index (χ1) is 8.28. The summed E-state index contributed by atoms with van der Waals surface area (Å²) >= 11 is 0. The smallest absolute Gasteiger partial charge is 0.411 e. The number of ether oxygens (including phenoxy) is 2. The molecule has 2 atom stereocenters. The lowest BCUT2D eigenvalue weighted by Gasteiger charge is -2.27. The minimum absolute atomic E-state index is 0.151. The van der Waals surface area contributed by atoms with Crippen LogP contribution in [0.25, 0.3) is 0 Å². The van der Waals surface area contributed by atoms with E-state index in [9.17, 15) is 9.59 Å². The first kappa shape index (κ1) is 12.2. The highest BCUT2D eigenvalue weighted by Crippen LogP contribution is 2.22. The van der Waals surface area contributed by atoms with Crippen molar-refractivity contribution in [2.75, 3.05) is 13.7 Å². The van der Waals surface area contributed by atoms with Gasteiger partial charge in [-0.25, -0.2) is 9.59 Å². The highest BCUT2D eigenvalue weighted by atomic mass is 16.6. The van der Waals surface area contributed by atoms with Gasteiger partial charge in [-0.3, -0.25) is 4.90 Å². The maximum Gasteiger partial charge on any atom is 0.411 e. The number of hydrogen-bond donors (Lipinski definition) is 1. The number of amides is 1. The van der Waals surface area contributed by atoms with Crippen LogP contribution in [0.4, 0.5) is 4.79 Å². The van der Waals surface area contributed by atoms with E-state index in [0.29, 0.717) is 0 Å². The SMILES string of the molecule is [2H]OC1C[C@H](C(=O)OC)N(C(=O)OC(C)(C)C)C1. The maximum absolute atomic E-state index is 11.9. The summed E-state index contributed by atoms with van der Waals surface area (Å²) in [6.07, 6.45) is -0.853. The molecule has 98 valence electrons. The van der Waals surface area contributed by atoms with Crippen LogP contribution in [0.15, 0.2) is 0 Å². The molecule has 0 bridgehead atoms. The van der Waals surface area contributed by atoms with Crippen molar-refractivity contribution in [3.8, 4) is 0 Å². The summed E-state index contributed by atoms with van der Waals surface area (Å²) in [5.41, 5.74) is -0.641. The summed E-state index contributed by atoms with van der Waals surface area (Å²) in [6.45, 7) is 5.38. The van der Waals surface area contributed by atoms with Gasteiger partial charge in [0.25, 0.3) is 0 Å². The summed E-state index contributed by atoms with van der Waals surface area (Å²) in [4.78, 5) is 24.7. The molecule has 1 aliphatic rings. The van der Waals surface area contributed by atoms with Crippen molar-refractivity contribution in [2.24, 2.45) is 0 Å². The Kier molecular flexibility index (Phi) is 3.51. The number of hydrogen-bond acceptors (Lipinski definition) is 5. The Hall–Kier alpha value is -1.30. The number of aliphatic hydroxyl groups is 1. The Morgan fingerprint density at radius 3 is 2.59 bits per heavy atom. The molecule has 1 rings (SSSR count). The normalized spacial score (nSPS) is 25.4. The summed E-state index contributed by atoms with van der Waals surface area (Å²) < 4.78 is 16.7. The summed E-state index contributed by atoms with van der Waals surface area (Å²) in [5, 5.41) is 4.44. The van der Waals surface area contributed by atoms with E-state index >= 15 is 0 Å². The van der Waals surface area contributed by atoms with Gasteiger partial charge in [0.15, 0.2) is 0 Å². The molecule has 1 heterocycles. The molecule has 0 aromatic heterocycles. The average Bonchev–Trinajstić information content (AvgIpc) is 2.69. The van der Waals surface area contributed by atoms with Gasteiger partial charge in [0, 0.05) is 6.42 Å². The maximum atomic E-state index is 11.9. The second-order valence-electron chi connectivity index (χ2n) is 5.03. The highest BCUT2D eigenvalue weighted by Gasteiger charge is 2.41. The fourth-order valence-corrected chi connectivity index (χ4v) is 1.68. The number of β-amino-alcohol motifs (C(OH)–C–C–N with tert-alkyl or cyclic N) is 1. The number of methoxy groups -OCH3 is 1. The van der Waals surface area contributed by atoms with Crippen LogP contribution in [0.2, 0.25) is 0 Å². The van der Waals surface area contributed by atoms with Crippen molar-refractivity contribution in [3.05, 3.63) is 0 Å². The molecule has 1 aliphatic heterocycles. The standard InChI is InChI=1S/C11H19NO5/c1-11(2,3)17-10(15)12-6-7(13)5-8(12)9(14)16-4/h7-8,13H,5-6H2,1-4H3/t7?,8-/m1/s1/i13D. The molecule has 0 spiro atoms. The molecule has 0 radical (unpaired) electrons. The zero-order valence-corrected chi connectivity index (χ0v) is 10.6. The van der Waals surface area contributed by atoms with Crippen molar-refractivity contribution in [3.63, 3.8) is 0 Å². The van der Waals surface area contributed by atoms with E-state index in [1.165, 1.54) is 12.0 Å². The van der Waals surface area contributed by atoms with Crippen molar-refractivity contribution in [2.45, 2.75) is 44.9 Å². The van der Waals surface area contributed by atoms with E-state index in [4.69, 9.17) is 6.17 Å². The highest BCUT2D eigenvalue weighted by molar-refractivity contribution is 5.82. The molecule has 0 aromatic rings. The Bertz CT molecular complexity index is 328. The van der Waals surface area contributed by atoms with Crippen LogP contribution in [0.5, 0.6) is 0 Å². The summed E-state index contributed by atoms with van der Waals surface area (Å²) in [7, 11) is 1.25. The molecule has 0 aromatic carbocycles. The molecular formula is C11H19NO5. The Balaban J connectivity index is 2.77. The fraction of sp³-hybridized carbons (Fsp3) is 0.818. The van der Waals surface area contributed by atoms with E-state index in [0.717, 1.165) is 0 Å². The molecule has 1 fully saturated rings. The number of carbonyl (C=O) groups excluding carboxylic acids is 2. The van der Waals surface area contributed by atoms with Crippen LogP contribution in [0.3, 0.4) is 0 Å². The van der Waals surface area contributed by atoms with Crippen molar-refractivity contribution >= 4 is 12.1 Å². The van der Waals surface area contributed by atoms with E-state index in [2.05, 4.69) is 9.85 Å². The van der Waals surface area contributed by atoms with Gasteiger partial charge < -0.3 is 14.6 Å². The first-order valence-corrected chi connectivity index (χ1v) is 5.48. The second kappa shape index (κ2) is 4.91. The molecule has 6 nitrogen and oxygen atoms in total. The van der Waals surface area contributed by atoms with Gasteiger partial charge in [0.05, 0.1) is 19.8 Å². The van der Waals surface area contributed by atoms with Crippen LogP contribution in [-0.2, 0) is 14.3 Å². The van der Waals surface area contributed by atoms with E-state index in [1.807, 2.05) is 0 Å². The largest absolute Gasteiger partial charge is 0.467 e. The zero-order valence-electron chi connectivity index (χ0n) is 11.6. The van der Waals surface area contributed by atoms with Crippen LogP contribution in [-0.4, -0.2) is 54.9 Å². The molecule has 1 unspecified atom stereocenters. The lowest BCUT2D eigenvalue weighted by atomic mass is 10.2. The first-order valence-electron chi connectivity index (χ1n) is 5.88. The molecule has 1 amide bonds. The number of carbonyl (C=O) groups is 2. The third-order valence-corrected chi connectivity index (χ3v) is 2.36. The van der Waals surface area contributed by atoms with Gasteiger partial charge in [-0.1, -0.05) is 0 Å². The van der Waals surface area contributed by atoms with E-state index in [-0.39, 0.29) is 13.0 Å². The van der Waals surface area contributed by atoms with E-state index < -0.39 is 29.8 Å². The van der Waals surface area contributed by atoms with Crippen LogP contribution < -0.4 is 0 Å². The monoisotopic (exact) mass is 246 g/mol. The number of aliphatic hydroxyl groups excluding tert-OH is 1. The molecule has 6 heteroatoms. The zero-order chi connectivity index (χ0) is 13.9. The molecule has 0 aliphatic carbocycles. The Morgan fingerprint density at radius 2 is 2.12 bits per heavy atom. The van der Waals surface area contributed by atoms with Gasteiger partial charge in [-0.2, -0.15) is 0 Å². The van der Waals surface area contributed by atoms with Crippen LogP contribution >= 0.6 is 0 Å². The van der Waals surface area contributed by atoms with Crippen molar-refractivity contribution in [1.82, 2.24) is 4.90 Å². The van der Waals surface area contributed by atoms with Crippen molar-refractivity contribution < 1.29 is 24.2 Å². The second-order valence-corrected chi connectivity index (χ2v) is 5.03. The third-order valence-electron chi connectivity index (χ3n) is 2.36. The summed E-state index contributed by atoms with van der Waals surface area (Å²) in [5.74, 6) is -0.527. The van der Waals surface area contributed by atoms with Gasteiger partial charge in [0.1, 0.15) is 11.6 Å². The molecule has 1 saturated heterocycles. The number of rotatable bonds is 2. The van der Waals surface area contributed by atoms with Crippen LogP contribution in [0, 0.1) is 0 Å². The number of esters is 1. The van der Waals surface area contributed by atoms with Gasteiger partial charge in [-0.15, -0.1) is 0 Å². The minimum Gasteiger partial charge on any atom is -0.467 e. The predicted octanol–water partition coefficient (Wildman–Crippen LogP) is 0.530. The number of likely N-dealkylation sites (tertiary alicyclic amines) is 1. The topological polar surface area (TPSA) is 76.1 Å². The Labute approximate surface area is 102 Å². The molecule has 0 saturated carbocycles. The van der Waals surface area contributed by atoms with Gasteiger partial charge >= 0.3 is 12.1 Å². The van der Waals surface area contributed by atoms with Crippen molar-refractivity contribution in [1.29, 1.82) is 1.43 Å². The number of nitrogens with zero attached hydrogens (tertiary/aromatic N) is 1. The lowest BCUT2D eigenvalue weighted by Crippen LogP contribution is -2.43. The van der Waals surface area contributed by atoms with E-state index in [1.54, 1.807) is 20.8 Å². The van der Waals surface area contributed by atoms with Gasteiger partial charge in [-0.05, 0) is 20.8 Å². The lowest BCUT2D eigenvalue weighted by molar-refractivity contribution is -0.145. The average molecular weight is 246 g/mol. The quantitative estimate of drug-likeness (QED) is 0.719. The minimum atomic E-state index is -0.750. The summed E-state index contributed by atoms with van der Waals surface area (Å²) in [6, 6.07) is -0.750.